The van der Waals surface area contributed by atoms with Crippen LogP contribution >= 0.6 is 0 Å². The smallest absolute Gasteiger partial charge is 0.396 e. The number of rotatable bonds is 5. The van der Waals surface area contributed by atoms with Crippen LogP contribution in [0.5, 0.6) is 0 Å². The lowest BCUT2D eigenvalue weighted by Crippen LogP contribution is -2.33. The van der Waals surface area contributed by atoms with Crippen LogP contribution in [0.15, 0.2) is 0 Å². The van der Waals surface area contributed by atoms with E-state index >= 15 is 0 Å². The fourth-order valence-electron chi connectivity index (χ4n) is 0.759. The van der Waals surface area contributed by atoms with E-state index in [4.69, 9.17) is 4.74 Å². The van der Waals surface area contributed by atoms with Crippen molar-refractivity contribution in [1.82, 2.24) is 5.32 Å². The Balaban J connectivity index is 3.60. The number of amides is 1. The third kappa shape index (κ3) is 6.46. The zero-order valence-electron chi connectivity index (χ0n) is 9.13. The first-order valence-electron chi connectivity index (χ1n) is 5.02. The summed E-state index contributed by atoms with van der Waals surface area (Å²) in [5.41, 5.74) is 0. The van der Waals surface area contributed by atoms with Gasteiger partial charge >= 0.3 is 11.9 Å². The van der Waals surface area contributed by atoms with Gasteiger partial charge in [0.05, 0.1) is 6.61 Å². The standard InChI is InChI=1S/C10H19NO3/c1-4-5-6-11-9(12)10(13)14-7-8(2)3/h8H,4-7H2,1-3H3,(H,11,12). The minimum atomic E-state index is -0.783. The molecular formula is C10H19NO3. The van der Waals surface area contributed by atoms with Crippen molar-refractivity contribution in [3.8, 4) is 0 Å². The third-order valence-electron chi connectivity index (χ3n) is 1.55. The Bertz CT molecular complexity index is 190. The maximum atomic E-state index is 11.0. The molecule has 0 saturated carbocycles. The molecule has 1 amide bonds. The Hall–Kier alpha value is -1.06. The van der Waals surface area contributed by atoms with Crippen LogP contribution in [0.2, 0.25) is 0 Å². The lowest BCUT2D eigenvalue weighted by molar-refractivity contribution is -0.155. The Morgan fingerprint density at radius 3 is 2.50 bits per heavy atom. The van der Waals surface area contributed by atoms with E-state index in [-0.39, 0.29) is 5.92 Å². The number of hydrogen-bond donors (Lipinski definition) is 1. The molecule has 0 aliphatic heterocycles. The van der Waals surface area contributed by atoms with E-state index in [1.165, 1.54) is 0 Å². The molecule has 0 bridgehead atoms. The normalized spacial score (nSPS) is 10.0. The van der Waals surface area contributed by atoms with Crippen LogP contribution in [0.3, 0.4) is 0 Å². The van der Waals surface area contributed by atoms with Gasteiger partial charge in [-0.25, -0.2) is 4.79 Å². The van der Waals surface area contributed by atoms with Crippen LogP contribution < -0.4 is 5.32 Å². The molecule has 0 atom stereocenters. The highest BCUT2D eigenvalue weighted by atomic mass is 16.5. The zero-order valence-corrected chi connectivity index (χ0v) is 9.13. The Labute approximate surface area is 85.0 Å². The van der Waals surface area contributed by atoms with Gasteiger partial charge in [0.2, 0.25) is 0 Å². The molecule has 1 N–H and O–H groups in total. The Kier molecular flexibility index (Phi) is 6.80. The molecule has 0 aliphatic rings. The van der Waals surface area contributed by atoms with E-state index in [9.17, 15) is 9.59 Å². The molecule has 0 spiro atoms. The second-order valence-corrected chi connectivity index (χ2v) is 3.60. The van der Waals surface area contributed by atoms with Gasteiger partial charge in [0, 0.05) is 6.54 Å². The van der Waals surface area contributed by atoms with Crippen molar-refractivity contribution in [3.05, 3.63) is 0 Å². The molecular weight excluding hydrogens is 182 g/mol. The van der Waals surface area contributed by atoms with Gasteiger partial charge in [-0.05, 0) is 12.3 Å². The number of carbonyl (C=O) groups excluding carboxylic acids is 2. The predicted molar refractivity (Wildman–Crippen MR) is 53.7 cm³/mol. The molecule has 4 nitrogen and oxygen atoms in total. The monoisotopic (exact) mass is 201 g/mol. The summed E-state index contributed by atoms with van der Waals surface area (Å²) in [7, 11) is 0. The SMILES string of the molecule is CCCCNC(=O)C(=O)OCC(C)C. The fraction of sp³-hybridized carbons (Fsp3) is 0.800. The Morgan fingerprint density at radius 2 is 2.00 bits per heavy atom. The van der Waals surface area contributed by atoms with E-state index in [0.717, 1.165) is 12.8 Å². The fourth-order valence-corrected chi connectivity index (χ4v) is 0.759. The average molecular weight is 201 g/mol. The second kappa shape index (κ2) is 7.35. The number of nitrogens with one attached hydrogen (secondary N) is 1. The summed E-state index contributed by atoms with van der Waals surface area (Å²) in [4.78, 5) is 22.1. The lowest BCUT2D eigenvalue weighted by Gasteiger charge is -2.06. The number of esters is 1. The number of unbranched alkanes of at least 4 members (excludes halogenated alkanes) is 1. The van der Waals surface area contributed by atoms with Crippen LogP contribution in [0.4, 0.5) is 0 Å². The molecule has 0 fully saturated rings. The van der Waals surface area contributed by atoms with E-state index in [0.29, 0.717) is 13.2 Å². The lowest BCUT2D eigenvalue weighted by atomic mass is 10.2. The number of ether oxygens (including phenoxy) is 1. The van der Waals surface area contributed by atoms with Gasteiger partial charge in [-0.1, -0.05) is 27.2 Å². The quantitative estimate of drug-likeness (QED) is 0.412. The maximum absolute atomic E-state index is 11.0. The molecule has 0 aliphatic carbocycles. The van der Waals surface area contributed by atoms with Crippen molar-refractivity contribution in [2.45, 2.75) is 33.6 Å². The van der Waals surface area contributed by atoms with Crippen molar-refractivity contribution < 1.29 is 14.3 Å². The van der Waals surface area contributed by atoms with Gasteiger partial charge in [-0.15, -0.1) is 0 Å². The first kappa shape index (κ1) is 12.9. The van der Waals surface area contributed by atoms with Crippen LogP contribution in [0.1, 0.15) is 33.6 Å². The molecule has 14 heavy (non-hydrogen) atoms. The van der Waals surface area contributed by atoms with Gasteiger partial charge in [0.25, 0.3) is 0 Å². The van der Waals surface area contributed by atoms with Crippen molar-refractivity contribution in [3.63, 3.8) is 0 Å². The van der Waals surface area contributed by atoms with Crippen molar-refractivity contribution in [2.24, 2.45) is 5.92 Å². The molecule has 0 aromatic rings. The highest BCUT2D eigenvalue weighted by molar-refractivity contribution is 6.32. The van der Waals surface area contributed by atoms with E-state index in [2.05, 4.69) is 5.32 Å². The highest BCUT2D eigenvalue weighted by Crippen LogP contribution is 1.93. The summed E-state index contributed by atoms with van der Waals surface area (Å²) in [6.07, 6.45) is 1.87. The molecule has 0 aromatic carbocycles. The minimum Gasteiger partial charge on any atom is -0.458 e. The molecule has 0 aromatic heterocycles. The average Bonchev–Trinajstić information content (AvgIpc) is 2.14. The Morgan fingerprint density at radius 1 is 1.36 bits per heavy atom. The predicted octanol–water partition coefficient (Wildman–Crippen LogP) is 1.10. The molecule has 82 valence electrons. The third-order valence-corrected chi connectivity index (χ3v) is 1.55. The van der Waals surface area contributed by atoms with Crippen LogP contribution in [0, 0.1) is 5.92 Å². The van der Waals surface area contributed by atoms with Gasteiger partial charge in [-0.2, -0.15) is 0 Å². The second-order valence-electron chi connectivity index (χ2n) is 3.60. The minimum absolute atomic E-state index is 0.252. The van der Waals surface area contributed by atoms with Gasteiger partial charge < -0.3 is 10.1 Å². The zero-order chi connectivity index (χ0) is 11.0. The molecule has 0 heterocycles. The van der Waals surface area contributed by atoms with Crippen molar-refractivity contribution in [2.75, 3.05) is 13.2 Å². The number of carbonyl (C=O) groups is 2. The summed E-state index contributed by atoms with van der Waals surface area (Å²) >= 11 is 0. The van der Waals surface area contributed by atoms with E-state index in [1.807, 2.05) is 20.8 Å². The molecule has 0 unspecified atom stereocenters. The van der Waals surface area contributed by atoms with Crippen LogP contribution in [-0.4, -0.2) is 25.0 Å². The van der Waals surface area contributed by atoms with Crippen LogP contribution in [-0.2, 0) is 14.3 Å². The first-order valence-corrected chi connectivity index (χ1v) is 5.02. The van der Waals surface area contributed by atoms with Gasteiger partial charge in [0.15, 0.2) is 0 Å². The largest absolute Gasteiger partial charge is 0.458 e. The molecule has 4 heteroatoms. The summed E-state index contributed by atoms with van der Waals surface area (Å²) in [5, 5.41) is 2.49. The van der Waals surface area contributed by atoms with E-state index < -0.39 is 11.9 Å². The molecule has 0 saturated heterocycles. The molecule has 0 radical (unpaired) electrons. The first-order chi connectivity index (χ1) is 6.57. The van der Waals surface area contributed by atoms with Crippen molar-refractivity contribution in [1.29, 1.82) is 0 Å². The van der Waals surface area contributed by atoms with Crippen LogP contribution in [0.25, 0.3) is 0 Å². The van der Waals surface area contributed by atoms with Gasteiger partial charge in [-0.3, -0.25) is 4.79 Å². The summed E-state index contributed by atoms with van der Waals surface area (Å²) < 4.78 is 4.74. The van der Waals surface area contributed by atoms with Gasteiger partial charge in [0.1, 0.15) is 0 Å². The van der Waals surface area contributed by atoms with Crippen molar-refractivity contribution >= 4 is 11.9 Å². The maximum Gasteiger partial charge on any atom is 0.396 e. The summed E-state index contributed by atoms with van der Waals surface area (Å²) in [5.74, 6) is -1.17. The summed E-state index contributed by atoms with van der Waals surface area (Å²) in [6, 6.07) is 0. The molecule has 0 rings (SSSR count). The number of hydrogen-bond acceptors (Lipinski definition) is 3. The highest BCUT2D eigenvalue weighted by Gasteiger charge is 2.14. The van der Waals surface area contributed by atoms with E-state index in [1.54, 1.807) is 0 Å². The summed E-state index contributed by atoms with van der Waals surface area (Å²) in [6.45, 7) is 6.68. The topological polar surface area (TPSA) is 55.4 Å².